The van der Waals surface area contributed by atoms with E-state index in [4.69, 9.17) is 0 Å². The molecule has 0 fully saturated rings. The van der Waals surface area contributed by atoms with Gasteiger partial charge in [-0.25, -0.2) is 4.98 Å². The van der Waals surface area contributed by atoms with Crippen molar-refractivity contribution < 1.29 is 4.79 Å². The number of amides is 1. The average Bonchev–Trinajstić information content (AvgIpc) is 3.42. The second kappa shape index (κ2) is 9.84. The molecule has 2 aromatic heterocycles. The third-order valence-corrected chi connectivity index (χ3v) is 7.02. The fraction of sp³-hybridized carbons (Fsp3) is 0.143. The first-order valence-corrected chi connectivity index (χ1v) is 11.9. The minimum atomic E-state index is -0.0620. The van der Waals surface area contributed by atoms with Crippen LogP contribution in [0.5, 0.6) is 0 Å². The van der Waals surface area contributed by atoms with E-state index in [2.05, 4.69) is 32.6 Å². The maximum atomic E-state index is 12.2. The van der Waals surface area contributed by atoms with Crippen molar-refractivity contribution >= 4 is 56.3 Å². The average molecular weight is 454 g/mol. The molecule has 152 valence electrons. The van der Waals surface area contributed by atoms with Crippen molar-refractivity contribution in [3.8, 4) is 0 Å². The Morgan fingerprint density at radius 2 is 1.80 bits per heavy atom. The number of anilines is 3. The molecular weight excluding hydrogens is 434 g/mol. The standard InChI is InChI=1S/C21H19N5OS3/c1-15(27)26(18-10-6-3-7-11-18)20-23-17(13-28-20)14-29-21-25-24-19(30-21)22-12-16-8-4-2-5-9-16/h2-11,13H,12,14H2,1H3,(H,22,24). The maximum Gasteiger partial charge on any atom is 0.230 e. The summed E-state index contributed by atoms with van der Waals surface area (Å²) in [5.41, 5.74) is 2.93. The zero-order chi connectivity index (χ0) is 20.8. The molecule has 0 radical (unpaired) electrons. The Morgan fingerprint density at radius 1 is 1.07 bits per heavy atom. The molecule has 4 rings (SSSR count). The van der Waals surface area contributed by atoms with E-state index < -0.39 is 0 Å². The Balaban J connectivity index is 1.35. The molecule has 0 aliphatic heterocycles. The van der Waals surface area contributed by atoms with Gasteiger partial charge in [-0.1, -0.05) is 71.6 Å². The minimum Gasteiger partial charge on any atom is -0.356 e. The van der Waals surface area contributed by atoms with Crippen LogP contribution in [0.25, 0.3) is 0 Å². The minimum absolute atomic E-state index is 0.0620. The molecule has 1 N–H and O–H groups in total. The molecule has 30 heavy (non-hydrogen) atoms. The molecule has 0 atom stereocenters. The number of nitrogens with one attached hydrogen (secondary N) is 1. The Morgan fingerprint density at radius 3 is 2.53 bits per heavy atom. The van der Waals surface area contributed by atoms with Gasteiger partial charge in [0.25, 0.3) is 0 Å². The third kappa shape index (κ3) is 5.24. The van der Waals surface area contributed by atoms with Gasteiger partial charge in [0.15, 0.2) is 9.47 Å². The van der Waals surface area contributed by atoms with Crippen LogP contribution in [0, 0.1) is 0 Å². The van der Waals surface area contributed by atoms with Crippen molar-refractivity contribution in [2.45, 2.75) is 23.6 Å². The van der Waals surface area contributed by atoms with Crippen LogP contribution in [0.15, 0.2) is 70.4 Å². The van der Waals surface area contributed by atoms with Crippen molar-refractivity contribution in [3.05, 3.63) is 77.3 Å². The molecule has 1 amide bonds. The van der Waals surface area contributed by atoms with Crippen LogP contribution in [-0.2, 0) is 17.1 Å². The molecule has 0 aliphatic carbocycles. The zero-order valence-corrected chi connectivity index (χ0v) is 18.6. The van der Waals surface area contributed by atoms with Gasteiger partial charge < -0.3 is 5.32 Å². The van der Waals surface area contributed by atoms with E-state index in [1.54, 1.807) is 23.6 Å². The fourth-order valence-corrected chi connectivity index (χ4v) is 5.35. The summed E-state index contributed by atoms with van der Waals surface area (Å²) in [6.07, 6.45) is 0. The number of aromatic nitrogens is 3. The van der Waals surface area contributed by atoms with Crippen LogP contribution < -0.4 is 10.2 Å². The molecule has 0 aliphatic rings. The smallest absolute Gasteiger partial charge is 0.230 e. The first-order valence-electron chi connectivity index (χ1n) is 9.23. The summed E-state index contributed by atoms with van der Waals surface area (Å²) in [5.74, 6) is 0.609. The monoisotopic (exact) mass is 453 g/mol. The zero-order valence-electron chi connectivity index (χ0n) is 16.2. The van der Waals surface area contributed by atoms with Gasteiger partial charge in [-0.3, -0.25) is 9.69 Å². The van der Waals surface area contributed by atoms with Crippen molar-refractivity contribution in [1.82, 2.24) is 15.2 Å². The van der Waals surface area contributed by atoms with E-state index in [0.717, 1.165) is 27.4 Å². The SMILES string of the molecule is CC(=O)N(c1ccccc1)c1nc(CSc2nnc(NCc3ccccc3)s2)cs1. The lowest BCUT2D eigenvalue weighted by Gasteiger charge is -2.17. The molecule has 2 heterocycles. The topological polar surface area (TPSA) is 71.0 Å². The van der Waals surface area contributed by atoms with E-state index >= 15 is 0 Å². The molecule has 2 aromatic carbocycles. The van der Waals surface area contributed by atoms with Crippen LogP contribution in [0.1, 0.15) is 18.2 Å². The Hall–Kier alpha value is -2.75. The number of thiazole rings is 1. The molecule has 4 aromatic rings. The number of carbonyl (C=O) groups is 1. The fourth-order valence-electron chi connectivity index (χ4n) is 2.72. The summed E-state index contributed by atoms with van der Waals surface area (Å²) < 4.78 is 0.881. The molecule has 6 nitrogen and oxygen atoms in total. The van der Waals surface area contributed by atoms with E-state index in [-0.39, 0.29) is 5.91 Å². The Bertz CT molecular complexity index is 1100. The number of thioether (sulfide) groups is 1. The Labute approximate surface area is 187 Å². The quantitative estimate of drug-likeness (QED) is 0.351. The highest BCUT2D eigenvalue weighted by Gasteiger charge is 2.18. The number of para-hydroxylation sites is 1. The largest absolute Gasteiger partial charge is 0.356 e. The van der Waals surface area contributed by atoms with E-state index in [1.807, 2.05) is 53.9 Å². The van der Waals surface area contributed by atoms with Gasteiger partial charge in [-0.15, -0.1) is 21.5 Å². The van der Waals surface area contributed by atoms with Gasteiger partial charge in [0.1, 0.15) is 0 Å². The van der Waals surface area contributed by atoms with E-state index in [9.17, 15) is 4.79 Å². The summed E-state index contributed by atoms with van der Waals surface area (Å²) in [5, 5.41) is 15.2. The second-order valence-corrected chi connectivity index (χ2v) is 9.35. The highest BCUT2D eigenvalue weighted by Crippen LogP contribution is 2.32. The molecular formula is C21H19N5OS3. The number of hydrogen-bond acceptors (Lipinski definition) is 8. The predicted molar refractivity (Wildman–Crippen MR) is 125 cm³/mol. The van der Waals surface area contributed by atoms with Crippen molar-refractivity contribution in [1.29, 1.82) is 0 Å². The lowest BCUT2D eigenvalue weighted by Crippen LogP contribution is -2.22. The molecule has 0 saturated carbocycles. The summed E-state index contributed by atoms with van der Waals surface area (Å²) >= 11 is 4.58. The first kappa shape index (κ1) is 20.5. The molecule has 0 bridgehead atoms. The van der Waals surface area contributed by atoms with Crippen LogP contribution in [-0.4, -0.2) is 21.1 Å². The molecule has 0 unspecified atom stereocenters. The van der Waals surface area contributed by atoms with E-state index in [0.29, 0.717) is 10.9 Å². The lowest BCUT2D eigenvalue weighted by atomic mass is 10.2. The first-order chi connectivity index (χ1) is 14.7. The highest BCUT2D eigenvalue weighted by atomic mass is 32.2. The Kier molecular flexibility index (Phi) is 6.73. The predicted octanol–water partition coefficient (Wildman–Crippen LogP) is 5.58. The van der Waals surface area contributed by atoms with Crippen molar-refractivity contribution in [3.63, 3.8) is 0 Å². The van der Waals surface area contributed by atoms with Gasteiger partial charge in [0.2, 0.25) is 11.0 Å². The van der Waals surface area contributed by atoms with Gasteiger partial charge >= 0.3 is 0 Å². The van der Waals surface area contributed by atoms with Crippen LogP contribution in [0.3, 0.4) is 0 Å². The van der Waals surface area contributed by atoms with E-state index in [1.165, 1.54) is 28.2 Å². The third-order valence-electron chi connectivity index (χ3n) is 4.10. The molecule has 9 heteroatoms. The van der Waals surface area contributed by atoms with Crippen molar-refractivity contribution in [2.75, 3.05) is 10.2 Å². The lowest BCUT2D eigenvalue weighted by molar-refractivity contribution is -0.115. The van der Waals surface area contributed by atoms with Gasteiger partial charge in [0.05, 0.1) is 11.4 Å². The second-order valence-electron chi connectivity index (χ2n) is 6.31. The number of benzene rings is 2. The highest BCUT2D eigenvalue weighted by molar-refractivity contribution is 8.00. The number of rotatable bonds is 8. The van der Waals surface area contributed by atoms with Gasteiger partial charge in [-0.2, -0.15) is 0 Å². The summed E-state index contributed by atoms with van der Waals surface area (Å²) in [7, 11) is 0. The van der Waals surface area contributed by atoms with Crippen LogP contribution in [0.2, 0.25) is 0 Å². The van der Waals surface area contributed by atoms with Crippen LogP contribution >= 0.6 is 34.4 Å². The number of nitrogens with zero attached hydrogens (tertiary/aromatic N) is 4. The number of hydrogen-bond donors (Lipinski definition) is 1. The van der Waals surface area contributed by atoms with Crippen molar-refractivity contribution in [2.24, 2.45) is 0 Å². The number of carbonyl (C=O) groups excluding carboxylic acids is 1. The normalized spacial score (nSPS) is 10.7. The summed E-state index contributed by atoms with van der Waals surface area (Å²) in [6.45, 7) is 2.27. The van der Waals surface area contributed by atoms with Crippen LogP contribution in [0.4, 0.5) is 16.0 Å². The summed E-state index contributed by atoms with van der Waals surface area (Å²) in [4.78, 5) is 18.4. The molecule has 0 spiro atoms. The van der Waals surface area contributed by atoms with Gasteiger partial charge in [-0.05, 0) is 17.7 Å². The summed E-state index contributed by atoms with van der Waals surface area (Å²) in [6, 6.07) is 19.7. The van der Waals surface area contributed by atoms with Gasteiger partial charge in [0, 0.05) is 24.6 Å². The maximum absolute atomic E-state index is 12.2. The molecule has 0 saturated heterocycles.